The molecule has 1 aromatic heterocycles. The van der Waals surface area contributed by atoms with E-state index >= 15 is 0 Å². The molecule has 2 heterocycles. The Morgan fingerprint density at radius 1 is 1.39 bits per heavy atom. The number of hydrogen-bond donors (Lipinski definition) is 1. The Balaban J connectivity index is 1.76. The molecule has 1 spiro atoms. The van der Waals surface area contributed by atoms with Gasteiger partial charge in [-0.1, -0.05) is 0 Å². The van der Waals surface area contributed by atoms with Gasteiger partial charge in [0, 0.05) is 17.4 Å². The Labute approximate surface area is 109 Å². The maximum Gasteiger partial charge on any atom is 0.181 e. The van der Waals surface area contributed by atoms with Crippen LogP contribution in [0.2, 0.25) is 0 Å². The third kappa shape index (κ3) is 1.70. The number of rotatable bonds is 0. The largest absolute Gasteiger partial charge is 0.447 e. The molecule has 1 aliphatic heterocycles. The van der Waals surface area contributed by atoms with Crippen molar-refractivity contribution in [3.05, 3.63) is 17.8 Å². The summed E-state index contributed by atoms with van der Waals surface area (Å²) in [6.45, 7) is 9.10. The molecule has 4 heteroatoms. The van der Waals surface area contributed by atoms with Crippen molar-refractivity contribution in [2.45, 2.75) is 51.6 Å². The molecule has 1 aliphatic carbocycles. The Hall–Kier alpha value is -0.870. The number of oxazole rings is 1. The number of nitrogens with two attached hydrogens (primary N) is 1. The molecule has 1 aromatic rings. The molecule has 0 amide bonds. The summed E-state index contributed by atoms with van der Waals surface area (Å²) in [5.74, 6) is 0.930. The molecule has 100 valence electrons. The highest BCUT2D eigenvalue weighted by Crippen LogP contribution is 2.50. The zero-order chi connectivity index (χ0) is 13.0. The molecule has 1 saturated heterocycles. The van der Waals surface area contributed by atoms with Gasteiger partial charge >= 0.3 is 0 Å². The van der Waals surface area contributed by atoms with Gasteiger partial charge in [0.25, 0.3) is 0 Å². The van der Waals surface area contributed by atoms with Gasteiger partial charge in [0.15, 0.2) is 6.39 Å². The van der Waals surface area contributed by atoms with E-state index < -0.39 is 0 Å². The van der Waals surface area contributed by atoms with Crippen molar-refractivity contribution in [2.24, 2.45) is 11.1 Å². The first-order valence-electron chi connectivity index (χ1n) is 6.85. The predicted octanol–water partition coefficient (Wildman–Crippen LogP) is 2.11. The van der Waals surface area contributed by atoms with Crippen LogP contribution in [-0.4, -0.2) is 28.5 Å². The summed E-state index contributed by atoms with van der Waals surface area (Å²) in [5, 5.41) is 0. The number of fused-ring (bicyclic) bond motifs is 1. The Morgan fingerprint density at radius 3 is 2.61 bits per heavy atom. The van der Waals surface area contributed by atoms with Gasteiger partial charge in [0.2, 0.25) is 0 Å². The molecule has 0 radical (unpaired) electrons. The van der Waals surface area contributed by atoms with Gasteiger partial charge in [-0.25, -0.2) is 4.98 Å². The van der Waals surface area contributed by atoms with Crippen molar-refractivity contribution in [1.29, 1.82) is 0 Å². The lowest BCUT2D eigenvalue weighted by molar-refractivity contribution is 0.0316. The summed E-state index contributed by atoms with van der Waals surface area (Å²) in [4.78, 5) is 6.86. The predicted molar refractivity (Wildman–Crippen MR) is 70.1 cm³/mol. The fourth-order valence-corrected chi connectivity index (χ4v) is 3.50. The third-order valence-corrected chi connectivity index (χ3v) is 4.84. The minimum Gasteiger partial charge on any atom is -0.447 e. The summed E-state index contributed by atoms with van der Waals surface area (Å²) < 4.78 is 5.46. The summed E-state index contributed by atoms with van der Waals surface area (Å²) in [5.41, 5.74) is 7.95. The molecule has 0 aromatic carbocycles. The van der Waals surface area contributed by atoms with Gasteiger partial charge in [0.1, 0.15) is 5.76 Å². The molecule has 0 unspecified atom stereocenters. The van der Waals surface area contributed by atoms with Gasteiger partial charge in [-0.2, -0.15) is 0 Å². The molecular weight excluding hydrogens is 226 g/mol. The van der Waals surface area contributed by atoms with Crippen LogP contribution in [0, 0.1) is 5.41 Å². The van der Waals surface area contributed by atoms with Gasteiger partial charge in [-0.15, -0.1) is 0 Å². The molecule has 3 rings (SSSR count). The molecular formula is C14H23N3O. The van der Waals surface area contributed by atoms with Gasteiger partial charge in [-0.3, -0.25) is 4.90 Å². The SMILES string of the molecule is CC(C)(C)N1CCC2(CC1)Cc1ncoc1[C@H]2N. The first kappa shape index (κ1) is 12.2. The fourth-order valence-electron chi connectivity index (χ4n) is 3.50. The molecule has 1 atom stereocenters. The quantitative estimate of drug-likeness (QED) is 0.765. The number of nitrogens with zero attached hydrogens (tertiary/aromatic N) is 2. The number of piperidine rings is 1. The normalized spacial score (nSPS) is 27.7. The second kappa shape index (κ2) is 3.81. The van der Waals surface area contributed by atoms with E-state index in [-0.39, 0.29) is 17.0 Å². The second-order valence-corrected chi connectivity index (χ2v) is 6.84. The van der Waals surface area contributed by atoms with Crippen LogP contribution >= 0.6 is 0 Å². The van der Waals surface area contributed by atoms with Gasteiger partial charge in [0.05, 0.1) is 11.7 Å². The fraction of sp³-hybridized carbons (Fsp3) is 0.786. The van der Waals surface area contributed by atoms with Crippen molar-refractivity contribution < 1.29 is 4.42 Å². The smallest absolute Gasteiger partial charge is 0.181 e. The highest BCUT2D eigenvalue weighted by molar-refractivity contribution is 5.25. The van der Waals surface area contributed by atoms with Crippen molar-refractivity contribution in [3.8, 4) is 0 Å². The molecule has 4 nitrogen and oxygen atoms in total. The maximum absolute atomic E-state index is 6.40. The average molecular weight is 249 g/mol. The summed E-state index contributed by atoms with van der Waals surface area (Å²) >= 11 is 0. The Bertz CT molecular complexity index is 438. The van der Waals surface area contributed by atoms with Crippen LogP contribution in [0.1, 0.15) is 51.1 Å². The van der Waals surface area contributed by atoms with E-state index in [4.69, 9.17) is 10.2 Å². The topological polar surface area (TPSA) is 55.3 Å². The number of aromatic nitrogens is 1. The zero-order valence-corrected chi connectivity index (χ0v) is 11.6. The van der Waals surface area contributed by atoms with Crippen LogP contribution in [0.25, 0.3) is 0 Å². The van der Waals surface area contributed by atoms with Crippen LogP contribution in [0.4, 0.5) is 0 Å². The van der Waals surface area contributed by atoms with Crippen molar-refractivity contribution in [1.82, 2.24) is 9.88 Å². The summed E-state index contributed by atoms with van der Waals surface area (Å²) in [6.07, 6.45) is 4.83. The average Bonchev–Trinajstić information content (AvgIpc) is 2.83. The lowest BCUT2D eigenvalue weighted by atomic mass is 9.73. The van der Waals surface area contributed by atoms with Crippen molar-refractivity contribution in [3.63, 3.8) is 0 Å². The van der Waals surface area contributed by atoms with Crippen LogP contribution in [-0.2, 0) is 6.42 Å². The molecule has 18 heavy (non-hydrogen) atoms. The van der Waals surface area contributed by atoms with E-state index in [0.717, 1.165) is 43.8 Å². The zero-order valence-electron chi connectivity index (χ0n) is 11.6. The van der Waals surface area contributed by atoms with E-state index in [1.54, 1.807) is 0 Å². The summed E-state index contributed by atoms with van der Waals surface area (Å²) in [6, 6.07) is 0.0390. The van der Waals surface area contributed by atoms with Crippen LogP contribution in [0.3, 0.4) is 0 Å². The van der Waals surface area contributed by atoms with Crippen LogP contribution < -0.4 is 5.73 Å². The third-order valence-electron chi connectivity index (χ3n) is 4.84. The monoisotopic (exact) mass is 249 g/mol. The molecule has 0 saturated carbocycles. The lowest BCUT2D eigenvalue weighted by Crippen LogP contribution is -2.51. The van der Waals surface area contributed by atoms with Gasteiger partial charge in [-0.05, 0) is 46.7 Å². The first-order chi connectivity index (χ1) is 8.42. The number of hydrogen-bond acceptors (Lipinski definition) is 4. The van der Waals surface area contributed by atoms with E-state index in [9.17, 15) is 0 Å². The van der Waals surface area contributed by atoms with Crippen molar-refractivity contribution in [2.75, 3.05) is 13.1 Å². The minimum atomic E-state index is 0.0390. The van der Waals surface area contributed by atoms with E-state index in [1.165, 1.54) is 6.39 Å². The van der Waals surface area contributed by atoms with Crippen molar-refractivity contribution >= 4 is 0 Å². The Kier molecular flexibility index (Phi) is 2.58. The lowest BCUT2D eigenvalue weighted by Gasteiger charge is -2.46. The highest BCUT2D eigenvalue weighted by Gasteiger charge is 2.49. The first-order valence-corrected chi connectivity index (χ1v) is 6.85. The summed E-state index contributed by atoms with van der Waals surface area (Å²) in [7, 11) is 0. The number of likely N-dealkylation sites (tertiary alicyclic amines) is 1. The van der Waals surface area contributed by atoms with Gasteiger partial charge < -0.3 is 10.2 Å². The minimum absolute atomic E-state index is 0.0390. The standard InChI is InChI=1S/C14H23N3O/c1-13(2,3)17-6-4-14(5-7-17)8-10-11(12(14)15)18-9-16-10/h9,12H,4-8,15H2,1-3H3/t12-/m1/s1. The van der Waals surface area contributed by atoms with E-state index in [2.05, 4.69) is 30.7 Å². The van der Waals surface area contributed by atoms with E-state index in [1.807, 2.05) is 0 Å². The van der Waals surface area contributed by atoms with E-state index in [0.29, 0.717) is 0 Å². The highest BCUT2D eigenvalue weighted by atomic mass is 16.3. The Morgan fingerprint density at radius 2 is 2.06 bits per heavy atom. The molecule has 2 N–H and O–H groups in total. The van der Waals surface area contributed by atoms with Crippen LogP contribution in [0.5, 0.6) is 0 Å². The molecule has 1 fully saturated rings. The maximum atomic E-state index is 6.40. The molecule has 2 aliphatic rings. The van der Waals surface area contributed by atoms with Crippen LogP contribution in [0.15, 0.2) is 10.8 Å². The molecule has 0 bridgehead atoms. The second-order valence-electron chi connectivity index (χ2n) is 6.84.